The van der Waals surface area contributed by atoms with Crippen molar-refractivity contribution in [2.75, 3.05) is 0 Å². The van der Waals surface area contributed by atoms with Gasteiger partial charge in [-0.15, -0.1) is 0 Å². The van der Waals surface area contributed by atoms with E-state index < -0.39 is 10.8 Å². The highest BCUT2D eigenvalue weighted by molar-refractivity contribution is 5.73. The SMILES string of the molecule is N#Cc1cn(-c2ccccc2-c2ccccc2)nc1-c1ccc([N+](=O)[O-])o1. The Labute approximate surface area is 153 Å². The van der Waals surface area contributed by atoms with Crippen LogP contribution in [0.2, 0.25) is 0 Å². The topological polar surface area (TPSA) is 97.9 Å². The highest BCUT2D eigenvalue weighted by Crippen LogP contribution is 2.31. The molecule has 0 saturated heterocycles. The van der Waals surface area contributed by atoms with Crippen LogP contribution in [-0.4, -0.2) is 14.7 Å². The summed E-state index contributed by atoms with van der Waals surface area (Å²) >= 11 is 0. The van der Waals surface area contributed by atoms with Crippen molar-refractivity contribution in [2.24, 2.45) is 0 Å². The molecule has 0 aliphatic rings. The lowest BCUT2D eigenvalue weighted by molar-refractivity contribution is -0.401. The van der Waals surface area contributed by atoms with Crippen molar-refractivity contribution in [3.63, 3.8) is 0 Å². The molecule has 2 heterocycles. The smallest absolute Gasteiger partial charge is 0.399 e. The molecule has 0 spiro atoms. The lowest BCUT2D eigenvalue weighted by Crippen LogP contribution is -1.97. The van der Waals surface area contributed by atoms with Crippen molar-refractivity contribution < 1.29 is 9.34 Å². The predicted molar refractivity (Wildman–Crippen MR) is 98.1 cm³/mol. The first-order valence-electron chi connectivity index (χ1n) is 8.06. The van der Waals surface area contributed by atoms with E-state index in [0.29, 0.717) is 0 Å². The van der Waals surface area contributed by atoms with Crippen molar-refractivity contribution in [3.05, 3.63) is 88.6 Å². The molecule has 7 nitrogen and oxygen atoms in total. The molecule has 27 heavy (non-hydrogen) atoms. The van der Waals surface area contributed by atoms with E-state index in [1.165, 1.54) is 12.1 Å². The van der Waals surface area contributed by atoms with Gasteiger partial charge < -0.3 is 4.42 Å². The first kappa shape index (κ1) is 16.3. The molecule has 0 unspecified atom stereocenters. The van der Waals surface area contributed by atoms with Gasteiger partial charge in [0.1, 0.15) is 22.2 Å². The van der Waals surface area contributed by atoms with Crippen molar-refractivity contribution in [3.8, 4) is 34.3 Å². The Hall–Kier alpha value is -4.18. The Morgan fingerprint density at radius 2 is 1.78 bits per heavy atom. The summed E-state index contributed by atoms with van der Waals surface area (Å²) in [6.45, 7) is 0. The summed E-state index contributed by atoms with van der Waals surface area (Å²) in [4.78, 5) is 10.2. The maximum Gasteiger partial charge on any atom is 0.433 e. The molecular weight excluding hydrogens is 344 g/mol. The van der Waals surface area contributed by atoms with Crippen LogP contribution in [0.1, 0.15) is 5.56 Å². The first-order valence-corrected chi connectivity index (χ1v) is 8.06. The molecular formula is C20H12N4O3. The van der Waals surface area contributed by atoms with E-state index in [0.717, 1.165) is 16.8 Å². The van der Waals surface area contributed by atoms with Crippen LogP contribution in [0.5, 0.6) is 0 Å². The highest BCUT2D eigenvalue weighted by atomic mass is 16.6. The second kappa shape index (κ2) is 6.61. The standard InChI is InChI=1S/C20H12N4O3/c21-12-15-13-23(22-20(15)18-10-11-19(27-18)24(25)26)17-9-5-4-8-16(17)14-6-2-1-3-7-14/h1-11,13H. The van der Waals surface area contributed by atoms with Crippen LogP contribution in [0.4, 0.5) is 5.88 Å². The fourth-order valence-corrected chi connectivity index (χ4v) is 2.85. The zero-order chi connectivity index (χ0) is 18.8. The Bertz CT molecular complexity index is 1170. The Morgan fingerprint density at radius 3 is 2.48 bits per heavy atom. The van der Waals surface area contributed by atoms with Gasteiger partial charge in [-0.2, -0.15) is 10.4 Å². The molecule has 0 N–H and O–H groups in total. The second-order valence-electron chi connectivity index (χ2n) is 5.73. The van der Waals surface area contributed by atoms with E-state index in [9.17, 15) is 15.4 Å². The van der Waals surface area contributed by atoms with Gasteiger partial charge in [0.2, 0.25) is 0 Å². The molecule has 2 aromatic heterocycles. The summed E-state index contributed by atoms with van der Waals surface area (Å²) in [6, 6.07) is 22.2. The first-order chi connectivity index (χ1) is 13.2. The molecule has 4 rings (SSSR count). The third kappa shape index (κ3) is 2.96. The number of rotatable bonds is 4. The van der Waals surface area contributed by atoms with Gasteiger partial charge in [-0.1, -0.05) is 48.5 Å². The minimum Gasteiger partial charge on any atom is -0.399 e. The number of furan rings is 1. The summed E-state index contributed by atoms with van der Waals surface area (Å²) < 4.78 is 6.80. The van der Waals surface area contributed by atoms with Crippen molar-refractivity contribution in [1.29, 1.82) is 5.26 Å². The van der Waals surface area contributed by atoms with E-state index in [-0.39, 0.29) is 17.0 Å². The van der Waals surface area contributed by atoms with Crippen molar-refractivity contribution in [2.45, 2.75) is 0 Å². The van der Waals surface area contributed by atoms with Crippen LogP contribution >= 0.6 is 0 Å². The molecule has 7 heteroatoms. The van der Waals surface area contributed by atoms with E-state index in [4.69, 9.17) is 4.42 Å². The second-order valence-corrected chi connectivity index (χ2v) is 5.73. The quantitative estimate of drug-likeness (QED) is 0.394. The fraction of sp³-hybridized carbons (Fsp3) is 0. The molecule has 0 fully saturated rings. The zero-order valence-electron chi connectivity index (χ0n) is 13.9. The van der Waals surface area contributed by atoms with Crippen molar-refractivity contribution in [1.82, 2.24) is 9.78 Å². The molecule has 2 aromatic carbocycles. The average Bonchev–Trinajstić information content (AvgIpc) is 3.35. The number of aromatic nitrogens is 2. The Kier molecular flexibility index (Phi) is 3.99. The number of hydrogen-bond acceptors (Lipinski definition) is 5. The molecule has 0 aliphatic carbocycles. The van der Waals surface area contributed by atoms with Crippen LogP contribution in [0.3, 0.4) is 0 Å². The summed E-state index contributed by atoms with van der Waals surface area (Å²) in [6.07, 6.45) is 1.59. The van der Waals surface area contributed by atoms with E-state index in [1.54, 1.807) is 10.9 Å². The third-order valence-corrected chi connectivity index (χ3v) is 4.08. The van der Waals surface area contributed by atoms with Gasteiger partial charge in [0.15, 0.2) is 5.76 Å². The van der Waals surface area contributed by atoms with Gasteiger partial charge in [-0.25, -0.2) is 4.68 Å². The van der Waals surface area contributed by atoms with Gasteiger partial charge in [0, 0.05) is 11.8 Å². The van der Waals surface area contributed by atoms with E-state index in [2.05, 4.69) is 11.2 Å². The number of nitro groups is 1. The fourth-order valence-electron chi connectivity index (χ4n) is 2.85. The Morgan fingerprint density at radius 1 is 1.04 bits per heavy atom. The van der Waals surface area contributed by atoms with Gasteiger partial charge in [-0.3, -0.25) is 10.1 Å². The average molecular weight is 356 g/mol. The summed E-state index contributed by atoms with van der Waals surface area (Å²) in [5.41, 5.74) is 3.27. The van der Waals surface area contributed by atoms with E-state index >= 15 is 0 Å². The van der Waals surface area contributed by atoms with Crippen molar-refractivity contribution >= 4 is 5.88 Å². The predicted octanol–water partition coefficient (Wildman–Crippen LogP) is 4.58. The molecule has 4 aromatic rings. The molecule has 0 saturated carbocycles. The minimum atomic E-state index is -0.628. The summed E-state index contributed by atoms with van der Waals surface area (Å²) in [5, 5.41) is 24.8. The van der Waals surface area contributed by atoms with Crippen LogP contribution in [0, 0.1) is 21.4 Å². The van der Waals surface area contributed by atoms with Gasteiger partial charge in [0.25, 0.3) is 0 Å². The number of nitriles is 1. The molecule has 0 amide bonds. The molecule has 0 atom stereocenters. The minimum absolute atomic E-state index is 0.175. The normalized spacial score (nSPS) is 10.5. The van der Waals surface area contributed by atoms with Gasteiger partial charge >= 0.3 is 5.88 Å². The highest BCUT2D eigenvalue weighted by Gasteiger charge is 2.20. The number of nitrogens with zero attached hydrogens (tertiary/aromatic N) is 4. The molecule has 0 radical (unpaired) electrons. The molecule has 130 valence electrons. The monoisotopic (exact) mass is 356 g/mol. The molecule has 0 bridgehead atoms. The maximum absolute atomic E-state index is 10.8. The number of hydrogen-bond donors (Lipinski definition) is 0. The Balaban J connectivity index is 1.84. The zero-order valence-corrected chi connectivity index (χ0v) is 13.9. The van der Waals surface area contributed by atoms with Crippen LogP contribution < -0.4 is 0 Å². The van der Waals surface area contributed by atoms with Gasteiger partial charge in [-0.05, 0) is 17.7 Å². The lowest BCUT2D eigenvalue weighted by Gasteiger charge is -2.09. The largest absolute Gasteiger partial charge is 0.433 e. The molecule has 0 aliphatic heterocycles. The maximum atomic E-state index is 10.8. The van der Waals surface area contributed by atoms with Crippen LogP contribution in [-0.2, 0) is 0 Å². The summed E-state index contributed by atoms with van der Waals surface area (Å²) in [5.74, 6) is -0.220. The van der Waals surface area contributed by atoms with Gasteiger partial charge in [0.05, 0.1) is 11.8 Å². The number of para-hydroxylation sites is 1. The third-order valence-electron chi connectivity index (χ3n) is 4.08. The summed E-state index contributed by atoms with van der Waals surface area (Å²) in [7, 11) is 0. The number of benzene rings is 2. The van der Waals surface area contributed by atoms with E-state index in [1.807, 2.05) is 54.6 Å². The van der Waals surface area contributed by atoms with Crippen LogP contribution in [0.15, 0.2) is 77.3 Å². The lowest BCUT2D eigenvalue weighted by atomic mass is 10.0. The van der Waals surface area contributed by atoms with Crippen LogP contribution in [0.25, 0.3) is 28.3 Å².